The lowest BCUT2D eigenvalue weighted by Crippen LogP contribution is -2.39. The average Bonchev–Trinajstić information content (AvgIpc) is 2.77. The molecule has 3 saturated carbocycles. The number of hydrogen-bond acceptors (Lipinski definition) is 3. The van der Waals surface area contributed by atoms with Crippen molar-refractivity contribution in [1.29, 1.82) is 0 Å². The number of ether oxygens (including phenoxy) is 1. The van der Waals surface area contributed by atoms with Crippen molar-refractivity contribution in [3.05, 3.63) is 12.7 Å². The molecule has 0 radical (unpaired) electrons. The molecule has 0 heterocycles. The molecule has 0 N–H and O–H groups in total. The smallest absolute Gasteiger partial charge is 0.0593 e. The van der Waals surface area contributed by atoms with Gasteiger partial charge in [0, 0.05) is 25.2 Å². The SMILES string of the molecule is C=CC1CCC(COCCN(C)C2CCC(C3CCC(N(C)C)CC3)CC2)CC1. The third-order valence-corrected chi connectivity index (χ3v) is 8.67. The van der Waals surface area contributed by atoms with Crippen LogP contribution in [-0.2, 0) is 4.74 Å². The highest BCUT2D eigenvalue weighted by molar-refractivity contribution is 4.86. The molecule has 0 unspecified atom stereocenters. The molecule has 3 fully saturated rings. The summed E-state index contributed by atoms with van der Waals surface area (Å²) in [7, 11) is 6.83. The zero-order valence-electron chi connectivity index (χ0n) is 19.7. The summed E-state index contributed by atoms with van der Waals surface area (Å²) in [6, 6.07) is 1.63. The molecule has 3 aliphatic carbocycles. The van der Waals surface area contributed by atoms with Crippen molar-refractivity contribution in [2.75, 3.05) is 40.9 Å². The van der Waals surface area contributed by atoms with Gasteiger partial charge >= 0.3 is 0 Å². The number of rotatable bonds is 9. The second-order valence-electron chi connectivity index (χ2n) is 10.7. The second kappa shape index (κ2) is 11.9. The lowest BCUT2D eigenvalue weighted by molar-refractivity contribution is 0.0494. The van der Waals surface area contributed by atoms with Crippen molar-refractivity contribution < 1.29 is 4.74 Å². The Balaban J connectivity index is 1.25. The highest BCUT2D eigenvalue weighted by atomic mass is 16.5. The molecule has 29 heavy (non-hydrogen) atoms. The van der Waals surface area contributed by atoms with Crippen molar-refractivity contribution >= 4 is 0 Å². The van der Waals surface area contributed by atoms with Gasteiger partial charge in [0.15, 0.2) is 0 Å². The third-order valence-electron chi connectivity index (χ3n) is 8.67. The molecule has 3 heteroatoms. The van der Waals surface area contributed by atoms with Gasteiger partial charge in [0.1, 0.15) is 0 Å². The molecular formula is C26H48N2O. The lowest BCUT2D eigenvalue weighted by atomic mass is 9.71. The third kappa shape index (κ3) is 7.08. The van der Waals surface area contributed by atoms with E-state index in [-0.39, 0.29) is 0 Å². The van der Waals surface area contributed by atoms with E-state index in [0.29, 0.717) is 0 Å². The van der Waals surface area contributed by atoms with Gasteiger partial charge in [-0.3, -0.25) is 0 Å². The van der Waals surface area contributed by atoms with Crippen LogP contribution in [0.15, 0.2) is 12.7 Å². The predicted molar refractivity (Wildman–Crippen MR) is 124 cm³/mol. The van der Waals surface area contributed by atoms with Crippen LogP contribution in [0.3, 0.4) is 0 Å². The van der Waals surface area contributed by atoms with Gasteiger partial charge in [-0.25, -0.2) is 0 Å². The Morgan fingerprint density at radius 1 is 0.759 bits per heavy atom. The first-order chi connectivity index (χ1) is 14.1. The second-order valence-corrected chi connectivity index (χ2v) is 10.7. The van der Waals surface area contributed by atoms with Gasteiger partial charge in [0.25, 0.3) is 0 Å². The fraction of sp³-hybridized carbons (Fsp3) is 0.923. The van der Waals surface area contributed by atoms with E-state index in [1.807, 2.05) is 0 Å². The van der Waals surface area contributed by atoms with E-state index in [2.05, 4.69) is 43.6 Å². The summed E-state index contributed by atoms with van der Waals surface area (Å²) in [5, 5.41) is 0. The van der Waals surface area contributed by atoms with E-state index >= 15 is 0 Å². The minimum absolute atomic E-state index is 0.760. The Hall–Kier alpha value is -0.380. The van der Waals surface area contributed by atoms with Crippen molar-refractivity contribution in [3.63, 3.8) is 0 Å². The summed E-state index contributed by atoms with van der Waals surface area (Å²) in [5.74, 6) is 3.56. The maximum Gasteiger partial charge on any atom is 0.0593 e. The maximum atomic E-state index is 6.08. The molecule has 3 rings (SSSR count). The van der Waals surface area contributed by atoms with E-state index in [1.165, 1.54) is 77.0 Å². The highest BCUT2D eigenvalue weighted by Gasteiger charge is 2.32. The molecule has 3 aliphatic rings. The summed E-state index contributed by atoms with van der Waals surface area (Å²) in [6.45, 7) is 6.93. The molecule has 0 atom stereocenters. The average molecular weight is 405 g/mol. The van der Waals surface area contributed by atoms with Gasteiger partial charge in [-0.15, -0.1) is 6.58 Å². The van der Waals surface area contributed by atoms with Gasteiger partial charge in [0.05, 0.1) is 6.61 Å². The molecule has 0 saturated heterocycles. The van der Waals surface area contributed by atoms with Gasteiger partial charge < -0.3 is 14.5 Å². The topological polar surface area (TPSA) is 15.7 Å². The van der Waals surface area contributed by atoms with E-state index in [0.717, 1.165) is 55.5 Å². The summed E-state index contributed by atoms with van der Waals surface area (Å²) in [6.07, 6.45) is 18.9. The van der Waals surface area contributed by atoms with Gasteiger partial charge in [-0.05, 0) is 122 Å². The highest BCUT2D eigenvalue weighted by Crippen LogP contribution is 2.39. The molecule has 0 aliphatic heterocycles. The first kappa shape index (κ1) is 23.3. The van der Waals surface area contributed by atoms with Crippen molar-refractivity contribution in [2.45, 2.75) is 89.1 Å². The summed E-state index contributed by atoms with van der Waals surface area (Å²) < 4.78 is 6.08. The molecule has 3 nitrogen and oxygen atoms in total. The number of likely N-dealkylation sites (N-methyl/N-ethyl adjacent to an activating group) is 1. The molecule has 0 aromatic heterocycles. The lowest BCUT2D eigenvalue weighted by Gasteiger charge is -2.41. The Morgan fingerprint density at radius 3 is 1.83 bits per heavy atom. The van der Waals surface area contributed by atoms with Crippen molar-refractivity contribution in [1.82, 2.24) is 9.80 Å². The van der Waals surface area contributed by atoms with Crippen molar-refractivity contribution in [2.24, 2.45) is 23.7 Å². The fourth-order valence-electron chi connectivity index (χ4n) is 6.33. The monoisotopic (exact) mass is 404 g/mol. The van der Waals surface area contributed by atoms with Gasteiger partial charge in [0.2, 0.25) is 0 Å². The van der Waals surface area contributed by atoms with E-state index in [1.54, 1.807) is 0 Å². The van der Waals surface area contributed by atoms with Crippen LogP contribution in [0.25, 0.3) is 0 Å². The molecule has 0 bridgehead atoms. The van der Waals surface area contributed by atoms with Crippen LogP contribution in [0.5, 0.6) is 0 Å². The standard InChI is InChI=1S/C26H48N2O/c1-5-21-6-8-22(9-7-21)20-29-19-18-28(4)26-16-12-24(13-17-26)23-10-14-25(15-11-23)27(2)3/h5,21-26H,1,6-20H2,2-4H3. The zero-order chi connectivity index (χ0) is 20.6. The Morgan fingerprint density at radius 2 is 1.31 bits per heavy atom. The summed E-state index contributed by atoms with van der Waals surface area (Å²) >= 11 is 0. The minimum atomic E-state index is 0.760. The fourth-order valence-corrected chi connectivity index (χ4v) is 6.33. The first-order valence-corrected chi connectivity index (χ1v) is 12.6. The number of nitrogens with zero attached hydrogens (tertiary/aromatic N) is 2. The Kier molecular flexibility index (Phi) is 9.53. The van der Waals surface area contributed by atoms with Gasteiger partial charge in [-0.2, -0.15) is 0 Å². The Labute approximate surface area is 181 Å². The van der Waals surface area contributed by atoms with Crippen LogP contribution in [0.2, 0.25) is 0 Å². The molecule has 0 amide bonds. The van der Waals surface area contributed by atoms with Crippen LogP contribution in [0.1, 0.15) is 77.0 Å². The van der Waals surface area contributed by atoms with Gasteiger partial charge in [-0.1, -0.05) is 6.08 Å². The summed E-state index contributed by atoms with van der Waals surface area (Å²) in [5.41, 5.74) is 0. The largest absolute Gasteiger partial charge is 0.380 e. The normalized spacial score (nSPS) is 36.4. The molecular weight excluding hydrogens is 356 g/mol. The predicted octanol–water partition coefficient (Wildman–Crippen LogP) is 5.61. The molecule has 0 aromatic rings. The van der Waals surface area contributed by atoms with Crippen molar-refractivity contribution in [3.8, 4) is 0 Å². The van der Waals surface area contributed by atoms with E-state index < -0.39 is 0 Å². The minimum Gasteiger partial charge on any atom is -0.380 e. The first-order valence-electron chi connectivity index (χ1n) is 12.6. The molecule has 168 valence electrons. The van der Waals surface area contributed by atoms with Crippen LogP contribution < -0.4 is 0 Å². The zero-order valence-corrected chi connectivity index (χ0v) is 19.7. The molecule has 0 spiro atoms. The Bertz CT molecular complexity index is 455. The quantitative estimate of drug-likeness (QED) is 0.367. The van der Waals surface area contributed by atoms with Crippen LogP contribution in [-0.4, -0.2) is 62.8 Å². The van der Waals surface area contributed by atoms with E-state index in [9.17, 15) is 0 Å². The maximum absolute atomic E-state index is 6.08. The molecule has 0 aromatic carbocycles. The number of allylic oxidation sites excluding steroid dienone is 1. The number of hydrogen-bond donors (Lipinski definition) is 0. The van der Waals surface area contributed by atoms with Crippen LogP contribution in [0, 0.1) is 23.7 Å². The van der Waals surface area contributed by atoms with Crippen LogP contribution in [0.4, 0.5) is 0 Å². The van der Waals surface area contributed by atoms with E-state index in [4.69, 9.17) is 4.74 Å². The van der Waals surface area contributed by atoms with Crippen LogP contribution >= 0.6 is 0 Å². The summed E-state index contributed by atoms with van der Waals surface area (Å²) in [4.78, 5) is 5.03.